The predicted molar refractivity (Wildman–Crippen MR) is 64.8 cm³/mol. The summed E-state index contributed by atoms with van der Waals surface area (Å²) in [6, 6.07) is 0. The Labute approximate surface area is 110 Å². The highest BCUT2D eigenvalue weighted by atomic mass is 16.6. The van der Waals surface area contributed by atoms with Gasteiger partial charge in [-0.15, -0.1) is 0 Å². The molecule has 0 saturated heterocycles. The van der Waals surface area contributed by atoms with E-state index < -0.39 is 6.09 Å². The third kappa shape index (κ3) is 3.68. The van der Waals surface area contributed by atoms with Gasteiger partial charge in [-0.05, 0) is 6.92 Å². The zero-order valence-electron chi connectivity index (χ0n) is 10.9. The molecule has 8 nitrogen and oxygen atoms in total. The lowest BCUT2D eigenvalue weighted by atomic mass is 10.3. The first-order chi connectivity index (χ1) is 8.99. The Hall–Kier alpha value is -2.09. The summed E-state index contributed by atoms with van der Waals surface area (Å²) in [4.78, 5) is 34.9. The van der Waals surface area contributed by atoms with E-state index in [4.69, 9.17) is 10.5 Å². The molecule has 0 aliphatic carbocycles. The lowest BCUT2D eigenvalue weighted by molar-refractivity contribution is -0.138. The second-order valence-corrected chi connectivity index (χ2v) is 3.79. The number of primary amides is 1. The van der Waals surface area contributed by atoms with Crippen molar-refractivity contribution in [1.82, 2.24) is 10.2 Å². The largest absolute Gasteiger partial charge is 0.447 e. The average Bonchev–Trinajstić information content (AvgIpc) is 2.56. The van der Waals surface area contributed by atoms with Crippen molar-refractivity contribution >= 4 is 17.9 Å². The van der Waals surface area contributed by atoms with Crippen LogP contribution in [-0.2, 0) is 19.1 Å². The molecule has 1 rings (SSSR count). The number of imide groups is 1. The maximum absolute atomic E-state index is 11.8. The molecule has 1 aliphatic rings. The molecule has 3 amide bonds. The van der Waals surface area contributed by atoms with Gasteiger partial charge in [0.15, 0.2) is 0 Å². The van der Waals surface area contributed by atoms with Crippen molar-refractivity contribution in [3.8, 4) is 0 Å². The fourth-order valence-corrected chi connectivity index (χ4v) is 1.65. The number of nitrogens with two attached hydrogens (primary N) is 1. The molecule has 0 spiro atoms. The number of likely N-dealkylation sites (N-methyl/N-ethyl adjacent to an activating group) is 1. The van der Waals surface area contributed by atoms with Crippen molar-refractivity contribution in [2.24, 2.45) is 5.73 Å². The number of hydrogen-bond donors (Lipinski definition) is 2. The fraction of sp³-hybridized carbons (Fsp3) is 0.545. The molecule has 0 fully saturated rings. The van der Waals surface area contributed by atoms with Crippen LogP contribution in [-0.4, -0.2) is 56.2 Å². The van der Waals surface area contributed by atoms with Gasteiger partial charge in [0.05, 0.1) is 19.8 Å². The summed E-state index contributed by atoms with van der Waals surface area (Å²) in [5.41, 5.74) is 5.46. The van der Waals surface area contributed by atoms with Crippen LogP contribution in [0.25, 0.3) is 0 Å². The van der Waals surface area contributed by atoms with Crippen LogP contribution in [0.1, 0.15) is 6.92 Å². The van der Waals surface area contributed by atoms with Gasteiger partial charge in [-0.3, -0.25) is 14.5 Å². The molecule has 3 N–H and O–H groups in total. The van der Waals surface area contributed by atoms with E-state index in [0.717, 1.165) is 4.90 Å². The second-order valence-electron chi connectivity index (χ2n) is 3.79. The van der Waals surface area contributed by atoms with Crippen molar-refractivity contribution in [3.63, 3.8) is 0 Å². The summed E-state index contributed by atoms with van der Waals surface area (Å²) < 4.78 is 9.58. The van der Waals surface area contributed by atoms with E-state index in [2.05, 4.69) is 10.1 Å². The van der Waals surface area contributed by atoms with Gasteiger partial charge < -0.3 is 20.5 Å². The minimum Gasteiger partial charge on any atom is -0.447 e. The second kappa shape index (κ2) is 6.74. The van der Waals surface area contributed by atoms with Crippen molar-refractivity contribution in [3.05, 3.63) is 11.3 Å². The molecule has 0 radical (unpaired) electrons. The van der Waals surface area contributed by atoms with Crippen LogP contribution < -0.4 is 11.1 Å². The number of amides is 3. The zero-order valence-corrected chi connectivity index (χ0v) is 10.9. The first-order valence-corrected chi connectivity index (χ1v) is 5.73. The van der Waals surface area contributed by atoms with Crippen LogP contribution in [0.5, 0.6) is 0 Å². The first kappa shape index (κ1) is 15.0. The number of nitrogens with zero attached hydrogens (tertiary/aromatic N) is 1. The molecular formula is C11H17N3O5. The molecule has 19 heavy (non-hydrogen) atoms. The molecule has 0 bridgehead atoms. The van der Waals surface area contributed by atoms with Crippen molar-refractivity contribution in [1.29, 1.82) is 0 Å². The van der Waals surface area contributed by atoms with E-state index in [-0.39, 0.29) is 38.2 Å². The first-order valence-electron chi connectivity index (χ1n) is 5.73. The zero-order chi connectivity index (χ0) is 14.4. The Morgan fingerprint density at radius 3 is 2.47 bits per heavy atom. The van der Waals surface area contributed by atoms with Crippen LogP contribution in [0.15, 0.2) is 11.3 Å². The van der Waals surface area contributed by atoms with Gasteiger partial charge in [-0.2, -0.15) is 0 Å². The third-order valence-electron chi connectivity index (χ3n) is 2.58. The van der Waals surface area contributed by atoms with Gasteiger partial charge in [0.25, 0.3) is 11.8 Å². The summed E-state index contributed by atoms with van der Waals surface area (Å²) in [6.07, 6.45) is -0.869. The molecule has 0 aromatic rings. The van der Waals surface area contributed by atoms with Crippen LogP contribution in [0.2, 0.25) is 0 Å². The van der Waals surface area contributed by atoms with Gasteiger partial charge >= 0.3 is 6.09 Å². The number of hydrogen-bond acceptors (Lipinski definition) is 6. The highest BCUT2D eigenvalue weighted by Gasteiger charge is 2.34. The standard InChI is InChI=1S/C11H17N3O5/c1-7-8(13-2)10(16)14(9(7)15)3-4-18-5-6-19-11(12)17/h13H,3-6H2,1-2H3,(H2,12,17). The van der Waals surface area contributed by atoms with E-state index in [9.17, 15) is 14.4 Å². The molecule has 8 heteroatoms. The van der Waals surface area contributed by atoms with Gasteiger partial charge in [-0.1, -0.05) is 0 Å². The van der Waals surface area contributed by atoms with Crippen LogP contribution in [0, 0.1) is 0 Å². The van der Waals surface area contributed by atoms with Gasteiger partial charge in [0.1, 0.15) is 12.3 Å². The molecule has 106 valence electrons. The van der Waals surface area contributed by atoms with Crippen LogP contribution >= 0.6 is 0 Å². The molecule has 0 unspecified atom stereocenters. The fourth-order valence-electron chi connectivity index (χ4n) is 1.65. The Morgan fingerprint density at radius 2 is 1.95 bits per heavy atom. The minimum atomic E-state index is -0.869. The summed E-state index contributed by atoms with van der Waals surface area (Å²) >= 11 is 0. The van der Waals surface area contributed by atoms with E-state index in [1.165, 1.54) is 0 Å². The van der Waals surface area contributed by atoms with Gasteiger partial charge in [-0.25, -0.2) is 4.79 Å². The van der Waals surface area contributed by atoms with E-state index in [1.54, 1.807) is 14.0 Å². The number of carbonyl (C=O) groups excluding carboxylic acids is 3. The molecule has 1 heterocycles. The maximum Gasteiger partial charge on any atom is 0.404 e. The SMILES string of the molecule is CNC1=C(C)C(=O)N(CCOCCOC(N)=O)C1=O. The van der Waals surface area contributed by atoms with Crippen LogP contribution in [0.4, 0.5) is 4.79 Å². The van der Waals surface area contributed by atoms with Crippen molar-refractivity contribution < 1.29 is 23.9 Å². The molecule has 0 atom stereocenters. The minimum absolute atomic E-state index is 0.0380. The highest BCUT2D eigenvalue weighted by molar-refractivity contribution is 6.18. The molecule has 1 aliphatic heterocycles. The van der Waals surface area contributed by atoms with Gasteiger partial charge in [0.2, 0.25) is 0 Å². The molecule has 0 aromatic carbocycles. The quantitative estimate of drug-likeness (QED) is 0.452. The van der Waals surface area contributed by atoms with E-state index >= 15 is 0 Å². The number of rotatable bonds is 7. The summed E-state index contributed by atoms with van der Waals surface area (Å²) in [5, 5.41) is 2.70. The summed E-state index contributed by atoms with van der Waals surface area (Å²) in [5.74, 6) is -0.687. The van der Waals surface area contributed by atoms with E-state index in [0.29, 0.717) is 11.3 Å². The lowest BCUT2D eigenvalue weighted by Crippen LogP contribution is -2.36. The molecule has 0 saturated carbocycles. The Morgan fingerprint density at radius 1 is 1.26 bits per heavy atom. The molecule has 0 aromatic heterocycles. The normalized spacial score (nSPS) is 15.2. The monoisotopic (exact) mass is 271 g/mol. The average molecular weight is 271 g/mol. The maximum atomic E-state index is 11.8. The number of nitrogens with one attached hydrogen (secondary N) is 1. The smallest absolute Gasteiger partial charge is 0.404 e. The summed E-state index contributed by atoms with van der Waals surface area (Å²) in [7, 11) is 1.59. The topological polar surface area (TPSA) is 111 Å². The Kier molecular flexibility index (Phi) is 5.31. The van der Waals surface area contributed by atoms with Crippen molar-refractivity contribution in [2.45, 2.75) is 6.92 Å². The van der Waals surface area contributed by atoms with E-state index in [1.807, 2.05) is 0 Å². The highest BCUT2D eigenvalue weighted by Crippen LogP contribution is 2.17. The van der Waals surface area contributed by atoms with Crippen LogP contribution in [0.3, 0.4) is 0 Å². The molecular weight excluding hydrogens is 254 g/mol. The van der Waals surface area contributed by atoms with Crippen molar-refractivity contribution in [2.75, 3.05) is 33.4 Å². The number of ether oxygens (including phenoxy) is 2. The lowest BCUT2D eigenvalue weighted by Gasteiger charge is -2.14. The third-order valence-corrected chi connectivity index (χ3v) is 2.58. The summed E-state index contributed by atoms with van der Waals surface area (Å²) in [6.45, 7) is 2.11. The Balaban J connectivity index is 2.30. The number of carbonyl (C=O) groups is 3. The predicted octanol–water partition coefficient (Wildman–Crippen LogP) is -1.04. The van der Waals surface area contributed by atoms with Gasteiger partial charge in [0, 0.05) is 12.6 Å². The Bertz CT molecular complexity index is 419.